The van der Waals surface area contributed by atoms with Gasteiger partial charge in [-0.1, -0.05) is 0 Å². The van der Waals surface area contributed by atoms with Crippen LogP contribution >= 0.6 is 0 Å². The van der Waals surface area contributed by atoms with Crippen molar-refractivity contribution in [3.63, 3.8) is 0 Å². The SMILES string of the molecule is COc1cc2c(cc1OC)C(Cc1cc(OC)c(OC)c(OC)c1)N(CC(OC=O)C(=O)OCCCCCCOC(=O)C(CN1CCc3cc(OC)c(OC)cc3C1Cc1cc(OC)c(OC)c(OC)c1)OC=O)CC2. The van der Waals surface area contributed by atoms with Gasteiger partial charge in [0.1, 0.15) is 0 Å². The topological polar surface area (TPSA) is 204 Å². The van der Waals surface area contributed by atoms with Crippen LogP contribution in [0.15, 0.2) is 48.5 Å². The minimum Gasteiger partial charge on any atom is -0.493 e. The van der Waals surface area contributed by atoms with E-state index in [9.17, 15) is 19.2 Å². The summed E-state index contributed by atoms with van der Waals surface area (Å²) in [6.45, 7) is 1.86. The molecule has 0 saturated heterocycles. The predicted octanol–water partition coefficient (Wildman–Crippen LogP) is 6.49. The quantitative estimate of drug-likeness (QED) is 0.0229. The van der Waals surface area contributed by atoms with Crippen LogP contribution in [0.4, 0.5) is 0 Å². The molecule has 0 N–H and O–H groups in total. The van der Waals surface area contributed by atoms with Crippen molar-refractivity contribution >= 4 is 24.9 Å². The van der Waals surface area contributed by atoms with Gasteiger partial charge in [-0.25, -0.2) is 9.59 Å². The third-order valence-electron chi connectivity index (χ3n) is 13.8. The Kier molecular flexibility index (Phi) is 21.8. The molecule has 4 aromatic carbocycles. The second-order valence-electron chi connectivity index (χ2n) is 18.0. The first-order chi connectivity index (χ1) is 37.0. The number of fused-ring (bicyclic) bond motifs is 2. The minimum absolute atomic E-state index is 0.0590. The van der Waals surface area contributed by atoms with E-state index >= 15 is 0 Å². The van der Waals surface area contributed by atoms with E-state index in [2.05, 4.69) is 9.80 Å². The first kappa shape index (κ1) is 57.9. The number of nitrogens with zero attached hydrogens (tertiary/aromatic N) is 2. The summed E-state index contributed by atoms with van der Waals surface area (Å²) in [6.07, 6.45) is 2.06. The van der Waals surface area contributed by atoms with Gasteiger partial charge in [0.25, 0.3) is 12.9 Å². The van der Waals surface area contributed by atoms with Crippen LogP contribution in [0.2, 0.25) is 0 Å². The molecule has 2 heterocycles. The highest BCUT2D eigenvalue weighted by Crippen LogP contribution is 2.45. The molecule has 414 valence electrons. The second-order valence-corrected chi connectivity index (χ2v) is 18.0. The molecule has 4 aromatic rings. The highest BCUT2D eigenvalue weighted by atomic mass is 16.6. The first-order valence-electron chi connectivity index (χ1n) is 25.0. The number of hydrogen-bond donors (Lipinski definition) is 0. The molecule has 0 spiro atoms. The Hall–Kier alpha value is -7.32. The third-order valence-corrected chi connectivity index (χ3v) is 13.8. The van der Waals surface area contributed by atoms with E-state index in [-0.39, 0.29) is 51.3 Å². The Balaban J connectivity index is 1.04. The number of carbonyl (C=O) groups is 4. The van der Waals surface area contributed by atoms with Crippen LogP contribution in [0.3, 0.4) is 0 Å². The van der Waals surface area contributed by atoms with Gasteiger partial charge in [-0.3, -0.25) is 19.4 Å². The van der Waals surface area contributed by atoms with Gasteiger partial charge in [0.05, 0.1) is 84.3 Å². The molecule has 2 aliphatic rings. The average Bonchev–Trinajstić information content (AvgIpc) is 3.45. The standard InChI is InChI=1S/C56H72N2O18/c1-63-43-27-37-15-17-57(41(39(37)29-45(43)65-3)21-35-23-47(67-5)53(71-9)48(24-35)68-6)31-51(75-33-59)55(61)73-19-13-11-12-14-20-74-56(62)52(76-34-60)32-58-18-16-38-28-44(64-2)46(66-4)30-40(38)42(58)22-36-25-49(69-7)54(72-10)50(26-36)70-8/h23-30,33-34,41-42,51-52H,11-22,31-32H2,1-10H3. The Labute approximate surface area is 444 Å². The predicted molar refractivity (Wildman–Crippen MR) is 277 cm³/mol. The lowest BCUT2D eigenvalue weighted by molar-refractivity contribution is -0.163. The van der Waals surface area contributed by atoms with E-state index in [1.807, 2.05) is 48.5 Å². The zero-order valence-electron chi connectivity index (χ0n) is 45.2. The van der Waals surface area contributed by atoms with Crippen LogP contribution < -0.4 is 47.4 Å². The molecule has 20 heteroatoms. The summed E-state index contributed by atoms with van der Waals surface area (Å²) in [5.74, 6) is 3.87. The number of rotatable bonds is 31. The Morgan fingerprint density at radius 2 is 0.789 bits per heavy atom. The van der Waals surface area contributed by atoms with Crippen LogP contribution in [0.1, 0.15) is 71.1 Å². The summed E-state index contributed by atoms with van der Waals surface area (Å²) in [5.41, 5.74) is 5.77. The van der Waals surface area contributed by atoms with E-state index in [1.54, 1.807) is 71.1 Å². The van der Waals surface area contributed by atoms with Crippen molar-refractivity contribution in [2.45, 2.75) is 75.7 Å². The van der Waals surface area contributed by atoms with Crippen molar-refractivity contribution in [2.75, 3.05) is 110 Å². The lowest BCUT2D eigenvalue weighted by Crippen LogP contribution is -2.45. The second kappa shape index (κ2) is 28.5. The summed E-state index contributed by atoms with van der Waals surface area (Å²) in [6, 6.07) is 14.7. The Bertz CT molecular complexity index is 2360. The van der Waals surface area contributed by atoms with Crippen molar-refractivity contribution in [2.24, 2.45) is 0 Å². The molecule has 0 radical (unpaired) electrons. The van der Waals surface area contributed by atoms with Gasteiger partial charge in [-0.15, -0.1) is 0 Å². The molecule has 2 aliphatic heterocycles. The van der Waals surface area contributed by atoms with Gasteiger partial charge in [-0.2, -0.15) is 0 Å². The summed E-state index contributed by atoms with van der Waals surface area (Å²) in [4.78, 5) is 55.0. The van der Waals surface area contributed by atoms with Gasteiger partial charge >= 0.3 is 11.9 Å². The highest BCUT2D eigenvalue weighted by molar-refractivity contribution is 5.77. The van der Waals surface area contributed by atoms with Gasteiger partial charge in [-0.05, 0) is 133 Å². The van der Waals surface area contributed by atoms with E-state index in [1.165, 1.54) is 0 Å². The Morgan fingerprint density at radius 3 is 1.09 bits per heavy atom. The summed E-state index contributed by atoms with van der Waals surface area (Å²) in [7, 11) is 15.6. The normalized spacial score (nSPS) is 15.8. The number of hydrogen-bond acceptors (Lipinski definition) is 20. The summed E-state index contributed by atoms with van der Waals surface area (Å²) >= 11 is 0. The molecule has 4 atom stereocenters. The van der Waals surface area contributed by atoms with Crippen LogP contribution in [0.5, 0.6) is 57.5 Å². The number of carbonyl (C=O) groups excluding carboxylic acids is 4. The highest BCUT2D eigenvalue weighted by Gasteiger charge is 2.36. The van der Waals surface area contributed by atoms with Gasteiger partial charge in [0, 0.05) is 38.3 Å². The van der Waals surface area contributed by atoms with E-state index in [4.69, 9.17) is 66.3 Å². The summed E-state index contributed by atoms with van der Waals surface area (Å²) in [5, 5.41) is 0. The molecule has 6 rings (SSSR count). The van der Waals surface area contributed by atoms with Crippen molar-refractivity contribution in [3.8, 4) is 57.5 Å². The zero-order valence-corrected chi connectivity index (χ0v) is 45.2. The molecule has 20 nitrogen and oxygen atoms in total. The average molecular weight is 1060 g/mol. The molecule has 0 amide bonds. The smallest absolute Gasteiger partial charge is 0.348 e. The number of esters is 2. The van der Waals surface area contributed by atoms with Crippen molar-refractivity contribution in [1.29, 1.82) is 0 Å². The van der Waals surface area contributed by atoms with Crippen molar-refractivity contribution < 1.29 is 85.5 Å². The first-order valence-corrected chi connectivity index (χ1v) is 25.0. The molecule has 0 bridgehead atoms. The number of benzene rings is 4. The molecule has 4 unspecified atom stereocenters. The summed E-state index contributed by atoms with van der Waals surface area (Å²) < 4.78 is 78.4. The molecule has 0 saturated carbocycles. The van der Waals surface area contributed by atoms with E-state index in [0.29, 0.717) is 122 Å². The molecule has 0 fully saturated rings. The van der Waals surface area contributed by atoms with Crippen LogP contribution in [-0.2, 0) is 63.8 Å². The fraction of sp³-hybridized carbons (Fsp3) is 0.500. The molecule has 0 aromatic heterocycles. The molecule has 76 heavy (non-hydrogen) atoms. The maximum absolute atomic E-state index is 13.6. The zero-order chi connectivity index (χ0) is 54.7. The molecule has 0 aliphatic carbocycles. The van der Waals surface area contributed by atoms with Gasteiger partial charge in [0.15, 0.2) is 46.0 Å². The number of methoxy groups -OCH3 is 10. The number of unbranched alkanes of at least 4 members (excludes halogenated alkanes) is 3. The van der Waals surface area contributed by atoms with E-state index < -0.39 is 24.1 Å². The third kappa shape index (κ3) is 13.9. The largest absolute Gasteiger partial charge is 0.493 e. The van der Waals surface area contributed by atoms with E-state index in [0.717, 1.165) is 33.4 Å². The number of ether oxygens (including phenoxy) is 14. The molecular formula is C56H72N2O18. The molecular weight excluding hydrogens is 989 g/mol. The van der Waals surface area contributed by atoms with Crippen molar-refractivity contribution in [1.82, 2.24) is 9.80 Å². The van der Waals surface area contributed by atoms with Gasteiger partial charge < -0.3 is 66.3 Å². The van der Waals surface area contributed by atoms with Crippen LogP contribution in [-0.4, -0.2) is 157 Å². The minimum atomic E-state index is -1.21. The van der Waals surface area contributed by atoms with Crippen molar-refractivity contribution in [3.05, 3.63) is 81.9 Å². The lowest BCUT2D eigenvalue weighted by Gasteiger charge is -2.39. The van der Waals surface area contributed by atoms with Crippen LogP contribution in [0, 0.1) is 0 Å². The van der Waals surface area contributed by atoms with Gasteiger partial charge in [0.2, 0.25) is 23.7 Å². The maximum Gasteiger partial charge on any atom is 0.348 e. The van der Waals surface area contributed by atoms with Crippen LogP contribution in [0.25, 0.3) is 0 Å². The fourth-order valence-electron chi connectivity index (χ4n) is 10.0. The maximum atomic E-state index is 13.6. The Morgan fingerprint density at radius 1 is 0.461 bits per heavy atom. The lowest BCUT2D eigenvalue weighted by atomic mass is 9.87. The fourth-order valence-corrected chi connectivity index (χ4v) is 10.0. The monoisotopic (exact) mass is 1060 g/mol.